The highest BCUT2D eigenvalue weighted by atomic mass is 16.2. The first-order valence-electron chi connectivity index (χ1n) is 10.0. The van der Waals surface area contributed by atoms with E-state index >= 15 is 0 Å². The number of carbonyl (C=O) groups is 2. The quantitative estimate of drug-likeness (QED) is 0.846. The fourth-order valence-corrected chi connectivity index (χ4v) is 4.94. The predicted molar refractivity (Wildman–Crippen MR) is 98.1 cm³/mol. The molecule has 1 aromatic heterocycles. The summed E-state index contributed by atoms with van der Waals surface area (Å²) in [5, 5.41) is 3.22. The highest BCUT2D eigenvalue weighted by Gasteiger charge is 2.49. The van der Waals surface area contributed by atoms with Gasteiger partial charge in [0, 0.05) is 49.3 Å². The summed E-state index contributed by atoms with van der Waals surface area (Å²) in [7, 11) is 0. The summed E-state index contributed by atoms with van der Waals surface area (Å²) < 4.78 is 0. The molecule has 3 atom stereocenters. The molecular formula is C20H30N4O2. The summed E-state index contributed by atoms with van der Waals surface area (Å²) in [6.45, 7) is 5.86. The molecule has 1 aliphatic heterocycles. The maximum Gasteiger partial charge on any atom is 0.225 e. The average Bonchev–Trinajstić information content (AvgIpc) is 3.11. The molecule has 0 bridgehead atoms. The largest absolute Gasteiger partial charge is 0.353 e. The van der Waals surface area contributed by atoms with Crippen molar-refractivity contribution in [2.75, 3.05) is 13.1 Å². The second-order valence-electron chi connectivity index (χ2n) is 8.98. The van der Waals surface area contributed by atoms with Gasteiger partial charge >= 0.3 is 0 Å². The first kappa shape index (κ1) is 17.6. The number of aromatic nitrogens is 2. The van der Waals surface area contributed by atoms with Crippen molar-refractivity contribution in [3.63, 3.8) is 0 Å². The number of hydrogen-bond acceptors (Lipinski definition) is 3. The van der Waals surface area contributed by atoms with Crippen LogP contribution in [-0.2, 0) is 16.0 Å². The monoisotopic (exact) mass is 358 g/mol. The molecule has 2 aliphatic carbocycles. The molecule has 3 aliphatic rings. The van der Waals surface area contributed by atoms with Gasteiger partial charge in [-0.1, -0.05) is 13.8 Å². The summed E-state index contributed by atoms with van der Waals surface area (Å²) >= 11 is 0. The second kappa shape index (κ2) is 6.71. The lowest BCUT2D eigenvalue weighted by atomic mass is 9.61. The number of imidazole rings is 1. The van der Waals surface area contributed by atoms with Gasteiger partial charge in [-0.05, 0) is 43.4 Å². The van der Waals surface area contributed by atoms with Crippen LogP contribution in [0.1, 0.15) is 51.6 Å². The molecule has 1 spiro atoms. The molecular weight excluding hydrogens is 328 g/mol. The van der Waals surface area contributed by atoms with E-state index in [1.54, 1.807) is 12.5 Å². The van der Waals surface area contributed by atoms with Gasteiger partial charge in [-0.15, -0.1) is 0 Å². The number of aromatic amines is 1. The van der Waals surface area contributed by atoms with Crippen LogP contribution in [-0.4, -0.2) is 45.8 Å². The Kier molecular flexibility index (Phi) is 4.53. The lowest BCUT2D eigenvalue weighted by molar-refractivity contribution is -0.142. The fourth-order valence-electron chi connectivity index (χ4n) is 4.94. The molecule has 0 aromatic carbocycles. The van der Waals surface area contributed by atoms with Gasteiger partial charge in [0.1, 0.15) is 0 Å². The predicted octanol–water partition coefficient (Wildman–Crippen LogP) is 2.13. The van der Waals surface area contributed by atoms with E-state index in [-0.39, 0.29) is 29.1 Å². The van der Waals surface area contributed by atoms with Crippen LogP contribution in [0.15, 0.2) is 12.5 Å². The third kappa shape index (κ3) is 3.51. The molecule has 26 heavy (non-hydrogen) atoms. The highest BCUT2D eigenvalue weighted by molar-refractivity contribution is 5.82. The number of hydrogen-bond donors (Lipinski definition) is 2. The number of rotatable bonds is 5. The first-order chi connectivity index (χ1) is 12.5. The van der Waals surface area contributed by atoms with Crippen LogP contribution in [0, 0.1) is 23.2 Å². The van der Waals surface area contributed by atoms with Crippen molar-refractivity contribution in [1.29, 1.82) is 0 Å². The molecule has 4 rings (SSSR count). The van der Waals surface area contributed by atoms with E-state index in [4.69, 9.17) is 0 Å². The van der Waals surface area contributed by atoms with Crippen LogP contribution >= 0.6 is 0 Å². The topological polar surface area (TPSA) is 78.1 Å². The molecule has 1 unspecified atom stereocenters. The Morgan fingerprint density at radius 3 is 2.88 bits per heavy atom. The minimum atomic E-state index is -0.0301. The standard InChI is InChI=1S/C20H30N4O2/c1-13-7-17(13)18(25)23-16-8-20(9-16)4-3-5-24(11-20)19(26)14(2)6-15-10-21-12-22-15/h10,12-14,16-17H,3-9,11H2,1-2H3,(H,21,22)(H,23,25)/t13-,14?,16?,17-,20?/m1/s1. The minimum Gasteiger partial charge on any atom is -0.353 e. The Morgan fingerprint density at radius 1 is 1.46 bits per heavy atom. The summed E-state index contributed by atoms with van der Waals surface area (Å²) in [5.74, 6) is 1.27. The zero-order valence-electron chi connectivity index (χ0n) is 15.8. The SMILES string of the molecule is CC(Cc1cnc[nH]1)C(=O)N1CCCC2(CC(NC(=O)[C@@H]3C[C@H]3C)C2)C1. The Balaban J connectivity index is 1.28. The van der Waals surface area contributed by atoms with Crippen LogP contribution in [0.5, 0.6) is 0 Å². The Bertz CT molecular complexity index is 665. The smallest absolute Gasteiger partial charge is 0.225 e. The molecule has 2 heterocycles. The van der Waals surface area contributed by atoms with Gasteiger partial charge in [-0.3, -0.25) is 9.59 Å². The number of piperidine rings is 1. The number of nitrogens with one attached hydrogen (secondary N) is 2. The van der Waals surface area contributed by atoms with Crippen LogP contribution < -0.4 is 5.32 Å². The summed E-state index contributed by atoms with van der Waals surface area (Å²) in [5.41, 5.74) is 1.24. The van der Waals surface area contributed by atoms with Crippen molar-refractivity contribution < 1.29 is 9.59 Å². The van der Waals surface area contributed by atoms with Crippen molar-refractivity contribution in [2.45, 2.75) is 58.4 Å². The van der Waals surface area contributed by atoms with Gasteiger partial charge in [0.2, 0.25) is 11.8 Å². The Morgan fingerprint density at radius 2 is 2.23 bits per heavy atom. The molecule has 142 valence electrons. The number of nitrogens with zero attached hydrogens (tertiary/aromatic N) is 2. The molecule has 1 aromatic rings. The maximum atomic E-state index is 12.9. The third-order valence-corrected chi connectivity index (χ3v) is 6.63. The summed E-state index contributed by atoms with van der Waals surface area (Å²) in [6.07, 6.45) is 9.51. The van der Waals surface area contributed by atoms with Gasteiger partial charge in [0.25, 0.3) is 0 Å². The highest BCUT2D eigenvalue weighted by Crippen LogP contribution is 2.48. The van der Waals surface area contributed by atoms with E-state index < -0.39 is 0 Å². The first-order valence-corrected chi connectivity index (χ1v) is 10.0. The van der Waals surface area contributed by atoms with Crippen LogP contribution in [0.2, 0.25) is 0 Å². The molecule has 1 saturated heterocycles. The zero-order chi connectivity index (χ0) is 18.3. The van der Waals surface area contributed by atoms with E-state index in [2.05, 4.69) is 27.1 Å². The van der Waals surface area contributed by atoms with Crippen molar-refractivity contribution in [3.05, 3.63) is 18.2 Å². The normalized spacial score (nSPS) is 34.2. The number of carbonyl (C=O) groups excluding carboxylic acids is 2. The van der Waals surface area contributed by atoms with Crippen molar-refractivity contribution in [1.82, 2.24) is 20.2 Å². The average molecular weight is 358 g/mol. The maximum absolute atomic E-state index is 12.9. The Labute approximate surface area is 155 Å². The second-order valence-corrected chi connectivity index (χ2v) is 8.98. The van der Waals surface area contributed by atoms with Crippen LogP contribution in [0.3, 0.4) is 0 Å². The van der Waals surface area contributed by atoms with E-state index in [1.165, 1.54) is 6.42 Å². The van der Waals surface area contributed by atoms with Crippen molar-refractivity contribution >= 4 is 11.8 Å². The zero-order valence-corrected chi connectivity index (χ0v) is 15.8. The summed E-state index contributed by atoms with van der Waals surface area (Å²) in [4.78, 5) is 34.2. The number of amides is 2. The van der Waals surface area contributed by atoms with Gasteiger partial charge < -0.3 is 15.2 Å². The lowest BCUT2D eigenvalue weighted by Gasteiger charge is -2.53. The Hall–Kier alpha value is -1.85. The van der Waals surface area contributed by atoms with Crippen LogP contribution in [0.4, 0.5) is 0 Å². The molecule has 0 radical (unpaired) electrons. The number of H-pyrrole nitrogens is 1. The van der Waals surface area contributed by atoms with Gasteiger partial charge in [-0.25, -0.2) is 4.98 Å². The van der Waals surface area contributed by atoms with Crippen molar-refractivity contribution in [3.8, 4) is 0 Å². The molecule has 6 heteroatoms. The molecule has 2 saturated carbocycles. The van der Waals surface area contributed by atoms with Gasteiger partial charge in [-0.2, -0.15) is 0 Å². The molecule has 2 amide bonds. The molecule has 3 fully saturated rings. The van der Waals surface area contributed by atoms with Crippen molar-refractivity contribution in [2.24, 2.45) is 23.2 Å². The van der Waals surface area contributed by atoms with E-state index in [0.29, 0.717) is 18.4 Å². The van der Waals surface area contributed by atoms with Gasteiger partial charge in [0.05, 0.1) is 6.33 Å². The fraction of sp³-hybridized carbons (Fsp3) is 0.750. The van der Waals surface area contributed by atoms with Gasteiger partial charge in [0.15, 0.2) is 0 Å². The molecule has 6 nitrogen and oxygen atoms in total. The molecule has 2 N–H and O–H groups in total. The van der Waals surface area contributed by atoms with Crippen LogP contribution in [0.25, 0.3) is 0 Å². The summed E-state index contributed by atoms with van der Waals surface area (Å²) in [6, 6.07) is 0.313. The number of likely N-dealkylation sites (tertiary alicyclic amines) is 1. The van der Waals surface area contributed by atoms with E-state index in [9.17, 15) is 9.59 Å². The minimum absolute atomic E-state index is 0.0301. The van der Waals surface area contributed by atoms with E-state index in [1.807, 2.05) is 6.92 Å². The third-order valence-electron chi connectivity index (χ3n) is 6.63. The van der Waals surface area contributed by atoms with E-state index in [0.717, 1.165) is 44.5 Å². The lowest BCUT2D eigenvalue weighted by Crippen LogP contribution is -2.58.